The molecule has 1 atom stereocenters. The Morgan fingerprint density at radius 1 is 1.30 bits per heavy atom. The molecular formula is C14H21N5O. The lowest BCUT2D eigenvalue weighted by molar-refractivity contribution is 0.466. The number of aromatic nitrogens is 2. The summed E-state index contributed by atoms with van der Waals surface area (Å²) in [5, 5.41) is 3.36. The van der Waals surface area contributed by atoms with Crippen LogP contribution in [0, 0.1) is 6.92 Å². The van der Waals surface area contributed by atoms with E-state index in [0.29, 0.717) is 5.82 Å². The van der Waals surface area contributed by atoms with Crippen LogP contribution < -0.4 is 16.6 Å². The molecule has 6 heteroatoms. The standard InChI is InChI=1S/C14H21N5O/c1-4-5-11-13(16-8-17-14(11)19-15)18-10(3)12-7-6-9(2)20-12/h6-8,10H,4-5,15H2,1-3H3,(H2,16,17,18,19). The Morgan fingerprint density at radius 2 is 2.05 bits per heavy atom. The van der Waals surface area contributed by atoms with Crippen molar-refractivity contribution in [2.45, 2.75) is 39.7 Å². The van der Waals surface area contributed by atoms with Gasteiger partial charge in [-0.25, -0.2) is 15.8 Å². The van der Waals surface area contributed by atoms with Gasteiger partial charge in [0.25, 0.3) is 0 Å². The molecule has 0 saturated carbocycles. The van der Waals surface area contributed by atoms with Gasteiger partial charge >= 0.3 is 0 Å². The molecule has 2 heterocycles. The van der Waals surface area contributed by atoms with Crippen LogP contribution in [-0.4, -0.2) is 9.97 Å². The third kappa shape index (κ3) is 3.08. The van der Waals surface area contributed by atoms with Gasteiger partial charge in [-0.1, -0.05) is 13.3 Å². The molecule has 2 aromatic heterocycles. The van der Waals surface area contributed by atoms with Gasteiger partial charge in [-0.3, -0.25) is 0 Å². The second-order valence-electron chi connectivity index (χ2n) is 4.76. The van der Waals surface area contributed by atoms with E-state index >= 15 is 0 Å². The highest BCUT2D eigenvalue weighted by Crippen LogP contribution is 2.25. The third-order valence-corrected chi connectivity index (χ3v) is 3.12. The van der Waals surface area contributed by atoms with Crippen molar-refractivity contribution in [3.8, 4) is 0 Å². The van der Waals surface area contributed by atoms with Crippen LogP contribution in [0.25, 0.3) is 0 Å². The summed E-state index contributed by atoms with van der Waals surface area (Å²) in [5.41, 5.74) is 3.62. The monoisotopic (exact) mass is 275 g/mol. The summed E-state index contributed by atoms with van der Waals surface area (Å²) >= 11 is 0. The molecule has 0 radical (unpaired) electrons. The van der Waals surface area contributed by atoms with Gasteiger partial charge < -0.3 is 15.2 Å². The van der Waals surface area contributed by atoms with Crippen LogP contribution >= 0.6 is 0 Å². The highest BCUT2D eigenvalue weighted by molar-refractivity contribution is 5.57. The topological polar surface area (TPSA) is 89.0 Å². The van der Waals surface area contributed by atoms with E-state index in [2.05, 4.69) is 27.6 Å². The minimum Gasteiger partial charge on any atom is -0.464 e. The van der Waals surface area contributed by atoms with Gasteiger partial charge in [-0.15, -0.1) is 0 Å². The van der Waals surface area contributed by atoms with Gasteiger partial charge in [0.2, 0.25) is 0 Å². The molecule has 0 aromatic carbocycles. The predicted molar refractivity (Wildman–Crippen MR) is 79.3 cm³/mol. The third-order valence-electron chi connectivity index (χ3n) is 3.12. The zero-order valence-electron chi connectivity index (χ0n) is 12.1. The number of hydrogen-bond donors (Lipinski definition) is 3. The van der Waals surface area contributed by atoms with Crippen molar-refractivity contribution in [1.82, 2.24) is 9.97 Å². The molecule has 2 aromatic rings. The lowest BCUT2D eigenvalue weighted by Crippen LogP contribution is -2.15. The first-order valence-electron chi connectivity index (χ1n) is 6.79. The van der Waals surface area contributed by atoms with Gasteiger partial charge in [0.05, 0.1) is 6.04 Å². The quantitative estimate of drug-likeness (QED) is 0.555. The first-order valence-corrected chi connectivity index (χ1v) is 6.79. The smallest absolute Gasteiger partial charge is 0.148 e. The second-order valence-corrected chi connectivity index (χ2v) is 4.76. The summed E-state index contributed by atoms with van der Waals surface area (Å²) < 4.78 is 5.63. The Morgan fingerprint density at radius 3 is 2.65 bits per heavy atom. The molecule has 0 bridgehead atoms. The highest BCUT2D eigenvalue weighted by atomic mass is 16.3. The van der Waals surface area contributed by atoms with Crippen LogP contribution in [0.2, 0.25) is 0 Å². The zero-order valence-corrected chi connectivity index (χ0v) is 12.1. The van der Waals surface area contributed by atoms with Crippen molar-refractivity contribution in [3.63, 3.8) is 0 Å². The number of nitrogens with zero attached hydrogens (tertiary/aromatic N) is 2. The van der Waals surface area contributed by atoms with Crippen LogP contribution in [0.15, 0.2) is 22.9 Å². The average molecular weight is 275 g/mol. The average Bonchev–Trinajstić information content (AvgIpc) is 2.87. The van der Waals surface area contributed by atoms with E-state index in [1.807, 2.05) is 26.0 Å². The lowest BCUT2D eigenvalue weighted by atomic mass is 10.1. The Labute approximate surface area is 118 Å². The molecular weight excluding hydrogens is 254 g/mol. The van der Waals surface area contributed by atoms with Crippen LogP contribution in [0.1, 0.15) is 43.4 Å². The molecule has 0 saturated heterocycles. The van der Waals surface area contributed by atoms with Crippen LogP contribution in [-0.2, 0) is 6.42 Å². The largest absolute Gasteiger partial charge is 0.464 e. The fourth-order valence-corrected chi connectivity index (χ4v) is 2.11. The van der Waals surface area contributed by atoms with Crippen LogP contribution in [0.3, 0.4) is 0 Å². The molecule has 0 aliphatic carbocycles. The fourth-order valence-electron chi connectivity index (χ4n) is 2.11. The highest BCUT2D eigenvalue weighted by Gasteiger charge is 2.15. The van der Waals surface area contributed by atoms with Crippen molar-refractivity contribution >= 4 is 11.6 Å². The number of aryl methyl sites for hydroxylation is 1. The summed E-state index contributed by atoms with van der Waals surface area (Å²) in [6.45, 7) is 6.07. The van der Waals surface area contributed by atoms with Gasteiger partial charge in [0.15, 0.2) is 0 Å². The molecule has 0 fully saturated rings. The minimum atomic E-state index is 0.0276. The lowest BCUT2D eigenvalue weighted by Gasteiger charge is -2.17. The normalized spacial score (nSPS) is 12.2. The first kappa shape index (κ1) is 14.3. The molecule has 0 spiro atoms. The Hall–Kier alpha value is -2.08. The predicted octanol–water partition coefficient (Wildman–Crippen LogP) is 2.79. The Bertz CT molecular complexity index is 566. The van der Waals surface area contributed by atoms with E-state index in [4.69, 9.17) is 10.3 Å². The maximum atomic E-state index is 5.63. The fraction of sp³-hybridized carbons (Fsp3) is 0.429. The summed E-state index contributed by atoms with van der Waals surface area (Å²) in [5.74, 6) is 8.73. The van der Waals surface area contributed by atoms with E-state index in [-0.39, 0.29) is 6.04 Å². The van der Waals surface area contributed by atoms with Crippen molar-refractivity contribution < 1.29 is 4.42 Å². The molecule has 4 N–H and O–H groups in total. The number of hydrogen-bond acceptors (Lipinski definition) is 6. The first-order chi connectivity index (χ1) is 9.65. The molecule has 20 heavy (non-hydrogen) atoms. The maximum Gasteiger partial charge on any atom is 0.148 e. The van der Waals surface area contributed by atoms with E-state index in [0.717, 1.165) is 35.7 Å². The number of nitrogens with one attached hydrogen (secondary N) is 2. The van der Waals surface area contributed by atoms with Gasteiger partial charge in [-0.2, -0.15) is 0 Å². The molecule has 0 aliphatic heterocycles. The Kier molecular flexibility index (Phi) is 4.57. The van der Waals surface area contributed by atoms with Gasteiger partial charge in [0.1, 0.15) is 29.5 Å². The minimum absolute atomic E-state index is 0.0276. The maximum absolute atomic E-state index is 5.63. The number of nitrogen functional groups attached to an aromatic ring is 1. The summed E-state index contributed by atoms with van der Waals surface area (Å²) in [7, 11) is 0. The summed E-state index contributed by atoms with van der Waals surface area (Å²) in [6, 6.07) is 3.95. The molecule has 108 valence electrons. The number of nitrogens with two attached hydrogens (primary N) is 1. The van der Waals surface area contributed by atoms with Gasteiger partial charge in [-0.05, 0) is 32.4 Å². The molecule has 0 amide bonds. The number of furan rings is 1. The Balaban J connectivity index is 2.24. The van der Waals surface area contributed by atoms with Gasteiger partial charge in [0, 0.05) is 5.56 Å². The zero-order chi connectivity index (χ0) is 14.5. The molecule has 1 unspecified atom stereocenters. The number of rotatable bonds is 6. The SMILES string of the molecule is CCCc1c(NN)ncnc1NC(C)c1ccc(C)o1. The van der Waals surface area contributed by atoms with Crippen molar-refractivity contribution in [2.24, 2.45) is 5.84 Å². The van der Waals surface area contributed by atoms with E-state index in [1.54, 1.807) is 0 Å². The van der Waals surface area contributed by atoms with E-state index in [1.165, 1.54) is 6.33 Å². The van der Waals surface area contributed by atoms with E-state index < -0.39 is 0 Å². The van der Waals surface area contributed by atoms with Crippen LogP contribution in [0.5, 0.6) is 0 Å². The second kappa shape index (κ2) is 6.38. The van der Waals surface area contributed by atoms with Crippen molar-refractivity contribution in [1.29, 1.82) is 0 Å². The molecule has 6 nitrogen and oxygen atoms in total. The van der Waals surface area contributed by atoms with Crippen molar-refractivity contribution in [2.75, 3.05) is 10.7 Å². The van der Waals surface area contributed by atoms with Crippen molar-refractivity contribution in [3.05, 3.63) is 35.5 Å². The molecule has 2 rings (SSSR count). The van der Waals surface area contributed by atoms with Crippen LogP contribution in [0.4, 0.5) is 11.6 Å². The summed E-state index contributed by atoms with van der Waals surface area (Å²) in [4.78, 5) is 8.47. The number of anilines is 2. The summed E-state index contributed by atoms with van der Waals surface area (Å²) in [6.07, 6.45) is 3.34. The number of hydrazine groups is 1. The molecule has 0 aliphatic rings. The van der Waals surface area contributed by atoms with E-state index in [9.17, 15) is 0 Å².